The van der Waals surface area contributed by atoms with Crippen LogP contribution in [0.25, 0.3) is 22.2 Å². The van der Waals surface area contributed by atoms with Gasteiger partial charge in [-0.2, -0.15) is 0 Å². The molecule has 1 aliphatic heterocycles. The number of aryl methyl sites for hydroxylation is 1. The van der Waals surface area contributed by atoms with E-state index in [0.29, 0.717) is 40.9 Å². The van der Waals surface area contributed by atoms with E-state index in [2.05, 4.69) is 44.2 Å². The predicted molar refractivity (Wildman–Crippen MR) is 151 cm³/mol. The van der Waals surface area contributed by atoms with Crippen LogP contribution >= 0.6 is 0 Å². The van der Waals surface area contributed by atoms with Crippen LogP contribution in [0.3, 0.4) is 0 Å². The van der Waals surface area contributed by atoms with Gasteiger partial charge in [0.1, 0.15) is 11.5 Å². The lowest BCUT2D eigenvalue weighted by Crippen LogP contribution is -2.38. The fourth-order valence-corrected chi connectivity index (χ4v) is 5.54. The van der Waals surface area contributed by atoms with Crippen LogP contribution in [0.1, 0.15) is 36.8 Å². The Labute approximate surface area is 229 Å². The second-order valence-corrected chi connectivity index (χ2v) is 11.2. The highest BCUT2D eigenvalue weighted by Crippen LogP contribution is 2.33. The number of piperidine rings is 1. The van der Waals surface area contributed by atoms with Gasteiger partial charge in [0.25, 0.3) is 5.56 Å². The summed E-state index contributed by atoms with van der Waals surface area (Å²) in [4.78, 5) is 31.1. The molecule has 0 radical (unpaired) electrons. The van der Waals surface area contributed by atoms with Gasteiger partial charge in [0.15, 0.2) is 0 Å². The number of hydrogen-bond donors (Lipinski definition) is 2. The van der Waals surface area contributed by atoms with Crippen molar-refractivity contribution in [1.29, 1.82) is 0 Å². The molecule has 1 saturated heterocycles. The van der Waals surface area contributed by atoms with Gasteiger partial charge in [-0.05, 0) is 79.6 Å². The van der Waals surface area contributed by atoms with Crippen LogP contribution in [0.5, 0.6) is 5.88 Å². The minimum Gasteiger partial charge on any atom is -0.772 e. The molecule has 0 amide bonds. The lowest BCUT2D eigenvalue weighted by Gasteiger charge is -2.34. The molecule has 0 saturated carbocycles. The van der Waals surface area contributed by atoms with Gasteiger partial charge >= 0.3 is 0 Å². The highest BCUT2D eigenvalue weighted by atomic mass is 32.2. The van der Waals surface area contributed by atoms with Gasteiger partial charge in [0.2, 0.25) is 5.88 Å². The highest BCUT2D eigenvalue weighted by Gasteiger charge is 2.23. The van der Waals surface area contributed by atoms with Gasteiger partial charge < -0.3 is 24.5 Å². The topological polar surface area (TPSA) is 136 Å². The minimum atomic E-state index is -2.04. The molecule has 0 aliphatic carbocycles. The second-order valence-electron chi connectivity index (χ2n) is 9.92. The number of hydrogen-bond acceptors (Lipinski definition) is 9. The summed E-state index contributed by atoms with van der Waals surface area (Å²) >= 11 is -2.04. The zero-order chi connectivity index (χ0) is 27.5. The molecule has 11 heteroatoms. The summed E-state index contributed by atoms with van der Waals surface area (Å²) < 4.78 is 27.6. The fourth-order valence-electron chi connectivity index (χ4n) is 5.20. The summed E-state index contributed by atoms with van der Waals surface area (Å²) in [6, 6.07) is 9.87. The molecule has 1 aromatic carbocycles. The maximum Gasteiger partial charge on any atom is 0.259 e. The number of nitrogens with one attached hydrogen (secondary N) is 2. The molecule has 2 atom stereocenters. The third-order valence-electron chi connectivity index (χ3n) is 7.24. The average Bonchev–Trinajstić information content (AvgIpc) is 2.93. The van der Waals surface area contributed by atoms with Crippen LogP contribution in [0, 0.1) is 6.92 Å². The number of methoxy groups -OCH3 is 1. The molecule has 2 unspecified atom stereocenters. The molecule has 1 aliphatic rings. The molecule has 0 spiro atoms. The first-order valence-electron chi connectivity index (χ1n) is 12.9. The smallest absolute Gasteiger partial charge is 0.259 e. The Bertz CT molecular complexity index is 1570. The van der Waals surface area contributed by atoms with Crippen LogP contribution in [-0.2, 0) is 11.1 Å². The third-order valence-corrected chi connectivity index (χ3v) is 8.05. The number of rotatable bonds is 8. The lowest BCUT2D eigenvalue weighted by molar-refractivity contribution is 0.213. The Morgan fingerprint density at radius 3 is 2.69 bits per heavy atom. The van der Waals surface area contributed by atoms with E-state index in [9.17, 15) is 13.6 Å². The molecular weight excluding hydrogens is 516 g/mol. The van der Waals surface area contributed by atoms with Crippen LogP contribution in [0.15, 0.2) is 53.7 Å². The fraction of sp³-hybridized carbons (Fsp3) is 0.357. The largest absolute Gasteiger partial charge is 0.772 e. The molecule has 10 nitrogen and oxygen atoms in total. The maximum atomic E-state index is 12.8. The number of anilines is 2. The minimum absolute atomic E-state index is 0.235. The number of ether oxygens (including phenoxy) is 1. The summed E-state index contributed by atoms with van der Waals surface area (Å²) in [7, 11) is 1.53. The molecule has 204 valence electrons. The molecule has 0 bridgehead atoms. The standard InChI is InChI=1S/C28H32N6O4S/c1-17-12-21(4-5-22(17)19-7-10-34(11-8-19)16-18(2)39(36)37)31-27-26-20(6-9-30-28(26)35)13-23(33-27)24-14-29-15-25(32-24)38-3/h4-6,9,12-15,18-19H,7-8,10-11,16H2,1-3H3,(H,30,35)(H,31,33)(H,36,37)/p-1. The molecular formula is C28H31N6O4S-. The van der Waals surface area contributed by atoms with Crippen molar-refractivity contribution in [3.63, 3.8) is 0 Å². The van der Waals surface area contributed by atoms with Gasteiger partial charge in [-0.25, -0.2) is 9.97 Å². The number of benzene rings is 1. The molecule has 1 fully saturated rings. The molecule has 4 aromatic rings. The van der Waals surface area contributed by atoms with Gasteiger partial charge in [0, 0.05) is 23.7 Å². The van der Waals surface area contributed by atoms with Crippen molar-refractivity contribution in [3.05, 3.63) is 70.4 Å². The van der Waals surface area contributed by atoms with E-state index >= 15 is 0 Å². The Hall–Kier alpha value is -3.67. The highest BCUT2D eigenvalue weighted by molar-refractivity contribution is 7.79. The summed E-state index contributed by atoms with van der Waals surface area (Å²) in [5.41, 5.74) is 4.13. The number of likely N-dealkylation sites (tertiary alicyclic amines) is 1. The van der Waals surface area contributed by atoms with E-state index in [1.165, 1.54) is 18.9 Å². The van der Waals surface area contributed by atoms with Crippen molar-refractivity contribution in [2.24, 2.45) is 0 Å². The number of aromatic amines is 1. The summed E-state index contributed by atoms with van der Waals surface area (Å²) in [6.07, 6.45) is 6.71. The van der Waals surface area contributed by atoms with Crippen molar-refractivity contribution in [1.82, 2.24) is 24.8 Å². The SMILES string of the molecule is COc1cncc(-c2cc3cc[nH]c(=O)c3c(Nc3ccc(C4CCN(CC(C)S(=O)[O-])CC4)c(C)c3)n2)n1. The first kappa shape index (κ1) is 26.9. The average molecular weight is 548 g/mol. The summed E-state index contributed by atoms with van der Waals surface area (Å²) in [5, 5.41) is 4.18. The van der Waals surface area contributed by atoms with E-state index < -0.39 is 11.1 Å². The normalized spacial score (nSPS) is 16.2. The van der Waals surface area contributed by atoms with Crippen LogP contribution in [0.2, 0.25) is 0 Å². The lowest BCUT2D eigenvalue weighted by atomic mass is 9.86. The Balaban J connectivity index is 1.39. The maximum absolute atomic E-state index is 12.8. The number of pyridine rings is 2. The van der Waals surface area contributed by atoms with E-state index in [1.54, 1.807) is 19.3 Å². The first-order valence-corrected chi connectivity index (χ1v) is 14.0. The van der Waals surface area contributed by atoms with E-state index in [4.69, 9.17) is 9.72 Å². The van der Waals surface area contributed by atoms with Crippen molar-refractivity contribution in [3.8, 4) is 17.3 Å². The quantitative estimate of drug-likeness (QED) is 0.315. The number of fused-ring (bicyclic) bond motifs is 1. The zero-order valence-corrected chi connectivity index (χ0v) is 23.0. The Kier molecular flexibility index (Phi) is 8.01. The first-order chi connectivity index (χ1) is 18.8. The zero-order valence-electron chi connectivity index (χ0n) is 22.1. The van der Waals surface area contributed by atoms with Crippen molar-refractivity contribution < 1.29 is 13.5 Å². The third kappa shape index (κ3) is 6.00. The van der Waals surface area contributed by atoms with E-state index in [1.807, 2.05) is 18.2 Å². The second kappa shape index (κ2) is 11.6. The van der Waals surface area contributed by atoms with Crippen molar-refractivity contribution >= 4 is 33.4 Å². The number of nitrogens with zero attached hydrogens (tertiary/aromatic N) is 4. The number of H-pyrrole nitrogens is 1. The van der Waals surface area contributed by atoms with Gasteiger partial charge in [0.05, 0.1) is 30.6 Å². The van der Waals surface area contributed by atoms with Gasteiger partial charge in [-0.3, -0.25) is 14.0 Å². The molecule has 39 heavy (non-hydrogen) atoms. The van der Waals surface area contributed by atoms with Gasteiger partial charge in [-0.15, -0.1) is 0 Å². The molecule has 5 rings (SSSR count). The Morgan fingerprint density at radius 1 is 1.18 bits per heavy atom. The van der Waals surface area contributed by atoms with Crippen molar-refractivity contribution in [2.75, 3.05) is 32.1 Å². The van der Waals surface area contributed by atoms with Crippen LogP contribution < -0.4 is 15.6 Å². The molecule has 3 aromatic heterocycles. The van der Waals surface area contributed by atoms with Crippen molar-refractivity contribution in [2.45, 2.75) is 37.9 Å². The van der Waals surface area contributed by atoms with E-state index in [-0.39, 0.29) is 10.8 Å². The van der Waals surface area contributed by atoms with Crippen LogP contribution in [-0.4, -0.2) is 65.6 Å². The van der Waals surface area contributed by atoms with Gasteiger partial charge in [-0.1, -0.05) is 24.1 Å². The summed E-state index contributed by atoms with van der Waals surface area (Å²) in [6.45, 7) is 6.17. The Morgan fingerprint density at radius 2 is 1.97 bits per heavy atom. The van der Waals surface area contributed by atoms with E-state index in [0.717, 1.165) is 42.6 Å². The molecule has 2 N–H and O–H groups in total. The number of aromatic nitrogens is 4. The monoisotopic (exact) mass is 547 g/mol. The van der Waals surface area contributed by atoms with Crippen LogP contribution in [0.4, 0.5) is 11.5 Å². The predicted octanol–water partition coefficient (Wildman–Crippen LogP) is 3.89. The summed E-state index contributed by atoms with van der Waals surface area (Å²) in [5.74, 6) is 1.22. The molecule has 4 heterocycles.